The fraction of sp³-hybridized carbons (Fsp3) is 0.385. The van der Waals surface area contributed by atoms with Crippen molar-refractivity contribution in [2.45, 2.75) is 6.54 Å². The molecule has 0 aromatic carbocycles. The Kier molecular flexibility index (Phi) is 4.10. The molecule has 0 atom stereocenters. The van der Waals surface area contributed by atoms with Gasteiger partial charge in [0.05, 0.1) is 11.2 Å². The Labute approximate surface area is 125 Å². The van der Waals surface area contributed by atoms with Crippen LogP contribution < -0.4 is 4.90 Å². The molecule has 3 rings (SSSR count). The molecule has 3 heterocycles. The monoisotopic (exact) mass is 338 g/mol. The number of pyridine rings is 1. The lowest BCUT2D eigenvalue weighted by Crippen LogP contribution is -2.46. The molecule has 1 saturated heterocycles. The van der Waals surface area contributed by atoms with Crippen LogP contribution in [-0.2, 0) is 6.54 Å². The van der Waals surface area contributed by atoms with Crippen LogP contribution in [0.15, 0.2) is 33.7 Å². The number of rotatable bonds is 3. The molecule has 0 N–H and O–H groups in total. The van der Waals surface area contributed by atoms with Gasteiger partial charge in [0, 0.05) is 48.8 Å². The van der Waals surface area contributed by atoms with Crippen LogP contribution in [0.2, 0.25) is 0 Å². The Morgan fingerprint density at radius 1 is 1.16 bits per heavy atom. The summed E-state index contributed by atoms with van der Waals surface area (Å²) < 4.78 is 1.03. The third-order valence-corrected chi connectivity index (χ3v) is 4.38. The lowest BCUT2D eigenvalue weighted by Gasteiger charge is -2.35. The van der Waals surface area contributed by atoms with E-state index in [1.54, 1.807) is 11.3 Å². The average Bonchev–Trinajstić information content (AvgIpc) is 2.94. The molecular weight excluding hydrogens is 324 g/mol. The highest BCUT2D eigenvalue weighted by molar-refractivity contribution is 9.10. The van der Waals surface area contributed by atoms with Crippen LogP contribution in [0.25, 0.3) is 0 Å². The van der Waals surface area contributed by atoms with Crippen molar-refractivity contribution >= 4 is 33.1 Å². The molecule has 0 amide bonds. The van der Waals surface area contributed by atoms with Gasteiger partial charge in [0.15, 0.2) is 0 Å². The predicted molar refractivity (Wildman–Crippen MR) is 81.5 cm³/mol. The van der Waals surface area contributed by atoms with Crippen molar-refractivity contribution in [2.24, 2.45) is 0 Å². The summed E-state index contributed by atoms with van der Waals surface area (Å²) in [7, 11) is 0. The van der Waals surface area contributed by atoms with E-state index in [1.165, 1.54) is 5.69 Å². The fourth-order valence-corrected chi connectivity index (χ4v) is 3.02. The molecule has 2 aromatic rings. The molecule has 0 unspecified atom stereocenters. The van der Waals surface area contributed by atoms with Gasteiger partial charge in [-0.15, -0.1) is 11.3 Å². The fourth-order valence-electron chi connectivity index (χ4n) is 2.23. The Bertz CT molecular complexity index is 506. The van der Waals surface area contributed by atoms with Crippen LogP contribution in [0.5, 0.6) is 0 Å². The van der Waals surface area contributed by atoms with Gasteiger partial charge < -0.3 is 4.90 Å². The van der Waals surface area contributed by atoms with Crippen molar-refractivity contribution in [3.8, 4) is 0 Å². The van der Waals surface area contributed by atoms with Crippen LogP contribution in [0, 0.1) is 0 Å². The van der Waals surface area contributed by atoms with E-state index in [0.29, 0.717) is 0 Å². The standard InChI is InChI=1S/C13H15BrN4S/c14-11-1-2-13(15-7-11)18-5-3-17(4-6-18)8-12-9-19-10-16-12/h1-2,7,9-10H,3-6,8H2. The average molecular weight is 339 g/mol. The van der Waals surface area contributed by atoms with Gasteiger partial charge in [-0.1, -0.05) is 0 Å². The Balaban J connectivity index is 1.56. The predicted octanol–water partition coefficient (Wildman–Crippen LogP) is 2.62. The normalized spacial score (nSPS) is 16.8. The number of piperazine rings is 1. The van der Waals surface area contributed by atoms with E-state index in [1.807, 2.05) is 17.8 Å². The first kappa shape index (κ1) is 13.0. The van der Waals surface area contributed by atoms with Gasteiger partial charge in [-0.25, -0.2) is 9.97 Å². The number of hydrogen-bond donors (Lipinski definition) is 0. The first-order valence-corrected chi connectivity index (χ1v) is 8.01. The second-order valence-electron chi connectivity index (χ2n) is 4.58. The van der Waals surface area contributed by atoms with E-state index in [-0.39, 0.29) is 0 Å². The zero-order chi connectivity index (χ0) is 13.1. The van der Waals surface area contributed by atoms with Crippen LogP contribution >= 0.6 is 27.3 Å². The highest BCUT2D eigenvalue weighted by Gasteiger charge is 2.18. The molecule has 4 nitrogen and oxygen atoms in total. The summed E-state index contributed by atoms with van der Waals surface area (Å²) in [6.07, 6.45) is 1.86. The van der Waals surface area contributed by atoms with Crippen molar-refractivity contribution in [1.82, 2.24) is 14.9 Å². The van der Waals surface area contributed by atoms with Crippen molar-refractivity contribution in [3.63, 3.8) is 0 Å². The molecule has 2 aromatic heterocycles. The molecule has 0 saturated carbocycles. The Morgan fingerprint density at radius 2 is 2.00 bits per heavy atom. The van der Waals surface area contributed by atoms with E-state index >= 15 is 0 Å². The van der Waals surface area contributed by atoms with E-state index in [2.05, 4.69) is 47.1 Å². The Hall–Kier alpha value is -0.980. The molecule has 0 spiro atoms. The first-order valence-electron chi connectivity index (χ1n) is 6.27. The summed E-state index contributed by atoms with van der Waals surface area (Å²) in [4.78, 5) is 13.6. The quantitative estimate of drug-likeness (QED) is 0.861. The summed E-state index contributed by atoms with van der Waals surface area (Å²) in [5.74, 6) is 1.07. The van der Waals surface area contributed by atoms with Crippen LogP contribution in [0.1, 0.15) is 5.69 Å². The molecular formula is C13H15BrN4S. The SMILES string of the molecule is Brc1ccc(N2CCN(Cc3cscn3)CC2)nc1. The maximum Gasteiger partial charge on any atom is 0.128 e. The van der Waals surface area contributed by atoms with Crippen molar-refractivity contribution in [2.75, 3.05) is 31.1 Å². The largest absolute Gasteiger partial charge is 0.354 e. The minimum atomic E-state index is 0.963. The van der Waals surface area contributed by atoms with E-state index in [4.69, 9.17) is 0 Å². The van der Waals surface area contributed by atoms with Gasteiger partial charge >= 0.3 is 0 Å². The summed E-state index contributed by atoms with van der Waals surface area (Å²) in [6, 6.07) is 4.12. The molecule has 0 bridgehead atoms. The molecule has 6 heteroatoms. The van der Waals surface area contributed by atoms with Gasteiger partial charge in [0.2, 0.25) is 0 Å². The number of halogens is 1. The minimum Gasteiger partial charge on any atom is -0.354 e. The lowest BCUT2D eigenvalue weighted by atomic mass is 10.3. The molecule has 0 radical (unpaired) electrons. The van der Waals surface area contributed by atoms with Gasteiger partial charge in [-0.3, -0.25) is 4.90 Å². The number of aromatic nitrogens is 2. The zero-order valence-electron chi connectivity index (χ0n) is 10.5. The second-order valence-corrected chi connectivity index (χ2v) is 6.21. The minimum absolute atomic E-state index is 0.963. The van der Waals surface area contributed by atoms with Crippen LogP contribution in [0.3, 0.4) is 0 Å². The molecule has 1 aliphatic rings. The summed E-state index contributed by atoms with van der Waals surface area (Å²) >= 11 is 5.08. The number of nitrogens with zero attached hydrogens (tertiary/aromatic N) is 4. The number of anilines is 1. The van der Waals surface area contributed by atoms with E-state index in [9.17, 15) is 0 Å². The van der Waals surface area contributed by atoms with Gasteiger partial charge in [0.25, 0.3) is 0 Å². The van der Waals surface area contributed by atoms with Gasteiger partial charge in [-0.2, -0.15) is 0 Å². The maximum absolute atomic E-state index is 4.45. The van der Waals surface area contributed by atoms with E-state index in [0.717, 1.165) is 43.0 Å². The number of hydrogen-bond acceptors (Lipinski definition) is 5. The molecule has 19 heavy (non-hydrogen) atoms. The third-order valence-electron chi connectivity index (χ3n) is 3.28. The first-order chi connectivity index (χ1) is 9.31. The van der Waals surface area contributed by atoms with Crippen LogP contribution in [-0.4, -0.2) is 41.0 Å². The summed E-state index contributed by atoms with van der Waals surface area (Å²) in [5.41, 5.74) is 3.08. The van der Waals surface area contributed by atoms with Crippen LogP contribution in [0.4, 0.5) is 5.82 Å². The van der Waals surface area contributed by atoms with Crippen molar-refractivity contribution in [1.29, 1.82) is 0 Å². The lowest BCUT2D eigenvalue weighted by molar-refractivity contribution is 0.247. The second kappa shape index (κ2) is 5.98. The zero-order valence-corrected chi connectivity index (χ0v) is 12.9. The topological polar surface area (TPSA) is 32.3 Å². The molecule has 0 aliphatic carbocycles. The molecule has 100 valence electrons. The van der Waals surface area contributed by atoms with E-state index < -0.39 is 0 Å². The summed E-state index contributed by atoms with van der Waals surface area (Å²) in [6.45, 7) is 5.15. The van der Waals surface area contributed by atoms with Crippen molar-refractivity contribution < 1.29 is 0 Å². The smallest absolute Gasteiger partial charge is 0.128 e. The van der Waals surface area contributed by atoms with Crippen molar-refractivity contribution in [3.05, 3.63) is 39.4 Å². The molecule has 1 fully saturated rings. The highest BCUT2D eigenvalue weighted by Crippen LogP contribution is 2.17. The third kappa shape index (κ3) is 3.32. The molecule has 1 aliphatic heterocycles. The Morgan fingerprint density at radius 3 is 2.63 bits per heavy atom. The van der Waals surface area contributed by atoms with Gasteiger partial charge in [-0.05, 0) is 28.1 Å². The summed E-state index contributed by atoms with van der Waals surface area (Å²) in [5, 5.41) is 2.13. The maximum atomic E-state index is 4.45. The number of thiazole rings is 1. The highest BCUT2D eigenvalue weighted by atomic mass is 79.9. The van der Waals surface area contributed by atoms with Gasteiger partial charge in [0.1, 0.15) is 5.82 Å².